The van der Waals surface area contributed by atoms with Gasteiger partial charge in [0.15, 0.2) is 23.1 Å². The fourth-order valence-electron chi connectivity index (χ4n) is 4.33. The molecule has 1 aromatic carbocycles. The minimum atomic E-state index is -0.383. The summed E-state index contributed by atoms with van der Waals surface area (Å²) in [6.07, 6.45) is 5.63. The molecule has 0 saturated carbocycles. The Labute approximate surface area is 185 Å². The molecule has 3 heterocycles. The molecule has 3 aromatic rings. The number of allylic oxidation sites excluding steroid dienone is 2. The number of benzene rings is 1. The lowest BCUT2D eigenvalue weighted by Crippen LogP contribution is -2.31. The molecule has 0 saturated heterocycles. The summed E-state index contributed by atoms with van der Waals surface area (Å²) in [6.45, 7) is 0. The van der Waals surface area contributed by atoms with E-state index in [1.54, 1.807) is 50.5 Å². The normalized spacial score (nSPS) is 17.3. The number of pyridine rings is 1. The topological polar surface area (TPSA) is 100 Å². The first kappa shape index (κ1) is 20.0. The first-order valence-electron chi connectivity index (χ1n) is 10.3. The number of rotatable bonds is 5. The van der Waals surface area contributed by atoms with Gasteiger partial charge >= 0.3 is 0 Å². The van der Waals surface area contributed by atoms with E-state index in [0.29, 0.717) is 41.0 Å². The third-order valence-corrected chi connectivity index (χ3v) is 5.79. The van der Waals surface area contributed by atoms with Crippen LogP contribution in [0, 0.1) is 0 Å². The molecule has 1 aliphatic heterocycles. The summed E-state index contributed by atoms with van der Waals surface area (Å²) < 4.78 is 18.1. The number of nitrogens with one attached hydrogen (secondary N) is 1. The van der Waals surface area contributed by atoms with Crippen LogP contribution >= 0.6 is 0 Å². The molecule has 1 atom stereocenters. The highest BCUT2D eigenvalue weighted by Gasteiger charge is 2.37. The van der Waals surface area contributed by atoms with Gasteiger partial charge in [0.05, 0.1) is 21.3 Å². The quantitative estimate of drug-likeness (QED) is 0.654. The Morgan fingerprint density at radius 3 is 2.53 bits per heavy atom. The Bertz CT molecular complexity index is 1190. The number of hydrogen-bond donors (Lipinski definition) is 1. The molecule has 0 spiro atoms. The lowest BCUT2D eigenvalue weighted by Gasteiger charge is -2.31. The van der Waals surface area contributed by atoms with E-state index in [-0.39, 0.29) is 11.8 Å². The van der Waals surface area contributed by atoms with Crippen LogP contribution in [0.5, 0.6) is 17.2 Å². The van der Waals surface area contributed by atoms with E-state index in [1.807, 2.05) is 12.1 Å². The van der Waals surface area contributed by atoms with Gasteiger partial charge in [-0.3, -0.25) is 9.78 Å². The molecule has 0 radical (unpaired) electrons. The van der Waals surface area contributed by atoms with Crippen LogP contribution in [0.4, 0.5) is 5.95 Å². The highest BCUT2D eigenvalue weighted by molar-refractivity contribution is 5.99. The fraction of sp³-hybridized carbons (Fsp3) is 0.304. The number of carbonyl (C=O) groups excluding carboxylic acids is 1. The van der Waals surface area contributed by atoms with Crippen LogP contribution in [0.25, 0.3) is 11.4 Å². The molecule has 5 rings (SSSR count). The van der Waals surface area contributed by atoms with Crippen LogP contribution in [0.1, 0.15) is 30.9 Å². The predicted molar refractivity (Wildman–Crippen MR) is 117 cm³/mol. The van der Waals surface area contributed by atoms with Crippen LogP contribution in [0.2, 0.25) is 0 Å². The average Bonchev–Trinajstić information content (AvgIpc) is 3.26. The van der Waals surface area contributed by atoms with Gasteiger partial charge in [-0.1, -0.05) is 6.07 Å². The number of nitrogens with zero attached hydrogens (tertiary/aromatic N) is 4. The molecule has 0 amide bonds. The minimum Gasteiger partial charge on any atom is -0.493 e. The number of methoxy groups -OCH3 is 3. The van der Waals surface area contributed by atoms with Gasteiger partial charge in [0.2, 0.25) is 11.7 Å². The Morgan fingerprint density at radius 1 is 1.09 bits per heavy atom. The zero-order valence-electron chi connectivity index (χ0n) is 18.1. The Balaban J connectivity index is 1.66. The lowest BCUT2D eigenvalue weighted by atomic mass is 9.86. The van der Waals surface area contributed by atoms with Gasteiger partial charge in [-0.15, -0.1) is 5.10 Å². The van der Waals surface area contributed by atoms with Crippen molar-refractivity contribution in [1.82, 2.24) is 19.7 Å². The van der Waals surface area contributed by atoms with Gasteiger partial charge in [-0.05, 0) is 36.6 Å². The van der Waals surface area contributed by atoms with E-state index in [0.717, 1.165) is 29.7 Å². The zero-order chi connectivity index (χ0) is 22.2. The van der Waals surface area contributed by atoms with Crippen LogP contribution in [0.3, 0.4) is 0 Å². The van der Waals surface area contributed by atoms with Crippen molar-refractivity contribution >= 4 is 11.7 Å². The summed E-state index contributed by atoms with van der Waals surface area (Å²) in [5, 5.41) is 8.13. The number of hydrogen-bond acceptors (Lipinski definition) is 8. The van der Waals surface area contributed by atoms with Gasteiger partial charge in [0.25, 0.3) is 0 Å². The van der Waals surface area contributed by atoms with Crippen LogP contribution in [-0.4, -0.2) is 46.9 Å². The van der Waals surface area contributed by atoms with Crippen molar-refractivity contribution in [2.75, 3.05) is 26.6 Å². The van der Waals surface area contributed by atoms with Crippen molar-refractivity contribution < 1.29 is 19.0 Å². The summed E-state index contributed by atoms with van der Waals surface area (Å²) in [4.78, 5) is 21.9. The molecule has 2 aliphatic rings. The number of Topliss-reactive ketones (excluding diaryl/α,β-unsaturated/α-hetero) is 1. The third-order valence-electron chi connectivity index (χ3n) is 5.79. The molecular formula is C23H23N5O4. The number of aromatic nitrogens is 4. The molecule has 0 fully saturated rings. The van der Waals surface area contributed by atoms with Gasteiger partial charge in [-0.25, -0.2) is 4.68 Å². The second-order valence-electron chi connectivity index (χ2n) is 7.60. The van der Waals surface area contributed by atoms with Crippen molar-refractivity contribution in [3.8, 4) is 28.6 Å². The number of fused-ring (bicyclic) bond motifs is 1. The SMILES string of the molecule is COc1cc(-c2nc3n(n2)[C@H](c2cccnc2)C2=C(CCCC2=O)N3)cc(OC)c1OC. The van der Waals surface area contributed by atoms with Crippen molar-refractivity contribution in [3.63, 3.8) is 0 Å². The highest BCUT2D eigenvalue weighted by atomic mass is 16.5. The largest absolute Gasteiger partial charge is 0.493 e. The fourth-order valence-corrected chi connectivity index (χ4v) is 4.33. The maximum Gasteiger partial charge on any atom is 0.226 e. The average molecular weight is 433 g/mol. The minimum absolute atomic E-state index is 0.128. The number of ketones is 1. The smallest absolute Gasteiger partial charge is 0.226 e. The molecule has 9 heteroatoms. The van der Waals surface area contributed by atoms with E-state index in [9.17, 15) is 4.79 Å². The summed E-state index contributed by atoms with van der Waals surface area (Å²) >= 11 is 0. The first-order valence-corrected chi connectivity index (χ1v) is 10.3. The van der Waals surface area contributed by atoms with E-state index < -0.39 is 0 Å². The molecule has 32 heavy (non-hydrogen) atoms. The van der Waals surface area contributed by atoms with Crippen molar-refractivity contribution in [2.24, 2.45) is 0 Å². The Kier molecular flexibility index (Phi) is 5.01. The summed E-state index contributed by atoms with van der Waals surface area (Å²) in [5.41, 5.74) is 3.24. The van der Waals surface area contributed by atoms with Crippen LogP contribution in [0.15, 0.2) is 47.9 Å². The molecule has 1 N–H and O–H groups in total. The van der Waals surface area contributed by atoms with Gasteiger partial charge in [0.1, 0.15) is 6.04 Å². The number of anilines is 1. The second-order valence-corrected chi connectivity index (χ2v) is 7.60. The van der Waals surface area contributed by atoms with Gasteiger partial charge in [-0.2, -0.15) is 4.98 Å². The summed E-state index contributed by atoms with van der Waals surface area (Å²) in [7, 11) is 4.69. The number of carbonyl (C=O) groups is 1. The van der Waals surface area contributed by atoms with Crippen LogP contribution < -0.4 is 19.5 Å². The zero-order valence-corrected chi connectivity index (χ0v) is 18.1. The maximum atomic E-state index is 12.9. The van der Waals surface area contributed by atoms with E-state index in [4.69, 9.17) is 24.3 Å². The maximum absolute atomic E-state index is 12.9. The molecule has 9 nitrogen and oxygen atoms in total. The standard InChI is InChI=1S/C23H23N5O4/c1-30-17-10-14(11-18(31-2)21(17)32-3)22-26-23-25-15-7-4-8-16(29)19(15)20(28(23)27-22)13-6-5-9-24-12-13/h5-6,9-12,20H,4,7-8H2,1-3H3,(H,25,26,27)/t20-/m1/s1. The van der Waals surface area contributed by atoms with E-state index >= 15 is 0 Å². The summed E-state index contributed by atoms with van der Waals surface area (Å²) in [5.74, 6) is 2.71. The molecule has 164 valence electrons. The Hall–Kier alpha value is -3.88. The molecule has 2 aromatic heterocycles. The predicted octanol–water partition coefficient (Wildman–Crippen LogP) is 3.39. The van der Waals surface area contributed by atoms with E-state index in [1.165, 1.54) is 0 Å². The van der Waals surface area contributed by atoms with Crippen molar-refractivity contribution in [1.29, 1.82) is 0 Å². The molecule has 0 unspecified atom stereocenters. The monoisotopic (exact) mass is 433 g/mol. The van der Waals surface area contributed by atoms with Crippen LogP contribution in [-0.2, 0) is 4.79 Å². The van der Waals surface area contributed by atoms with Gasteiger partial charge < -0.3 is 19.5 Å². The second kappa shape index (κ2) is 7.99. The van der Waals surface area contributed by atoms with E-state index in [2.05, 4.69) is 10.3 Å². The molecular weight excluding hydrogens is 410 g/mol. The highest BCUT2D eigenvalue weighted by Crippen LogP contribution is 2.43. The molecule has 1 aliphatic carbocycles. The summed E-state index contributed by atoms with van der Waals surface area (Å²) in [6, 6.07) is 7.05. The van der Waals surface area contributed by atoms with Crippen molar-refractivity contribution in [2.45, 2.75) is 25.3 Å². The third kappa shape index (κ3) is 3.17. The lowest BCUT2D eigenvalue weighted by molar-refractivity contribution is -0.116. The van der Waals surface area contributed by atoms with Gasteiger partial charge in [0, 0.05) is 35.6 Å². The van der Waals surface area contributed by atoms with Crippen molar-refractivity contribution in [3.05, 3.63) is 53.5 Å². The molecule has 0 bridgehead atoms. The number of ether oxygens (including phenoxy) is 3. The Morgan fingerprint density at radius 2 is 1.88 bits per heavy atom. The first-order chi connectivity index (χ1) is 15.6.